The molecular weight excluding hydrogens is 572 g/mol. The summed E-state index contributed by atoms with van der Waals surface area (Å²) >= 11 is 0. The van der Waals surface area contributed by atoms with Crippen LogP contribution in [0.4, 0.5) is 0 Å². The number of carbonyl (C=O) groups excluding carboxylic acids is 4. The summed E-state index contributed by atoms with van der Waals surface area (Å²) in [5.74, 6) is -3.74. The summed E-state index contributed by atoms with van der Waals surface area (Å²) in [6, 6.07) is 30.8. The molecule has 0 bridgehead atoms. The molecular formula is C37H34O8. The van der Waals surface area contributed by atoms with Crippen LogP contribution >= 0.6 is 0 Å². The number of benzene rings is 4. The second-order valence-corrected chi connectivity index (χ2v) is 10.5. The summed E-state index contributed by atoms with van der Waals surface area (Å²) in [5.41, 5.74) is -0.206. The van der Waals surface area contributed by atoms with Gasteiger partial charge in [0, 0.05) is 11.1 Å². The zero-order valence-corrected chi connectivity index (χ0v) is 25.3. The lowest BCUT2D eigenvalue weighted by Crippen LogP contribution is -2.51. The largest absolute Gasteiger partial charge is 0.496 e. The van der Waals surface area contributed by atoms with E-state index in [-0.39, 0.29) is 30.3 Å². The molecule has 0 spiro atoms. The van der Waals surface area contributed by atoms with Gasteiger partial charge in [0.05, 0.1) is 37.9 Å². The summed E-state index contributed by atoms with van der Waals surface area (Å²) in [6.07, 6.45) is -2.37. The molecule has 4 aromatic carbocycles. The Bertz CT molecular complexity index is 1650. The highest BCUT2D eigenvalue weighted by molar-refractivity contribution is 6.12. The fourth-order valence-corrected chi connectivity index (χ4v) is 5.97. The molecule has 0 aliphatic carbocycles. The van der Waals surface area contributed by atoms with Crippen LogP contribution in [0.15, 0.2) is 109 Å². The summed E-state index contributed by atoms with van der Waals surface area (Å²) in [4.78, 5) is 56.3. The quantitative estimate of drug-likeness (QED) is 0.111. The molecule has 1 saturated heterocycles. The van der Waals surface area contributed by atoms with E-state index in [1.54, 1.807) is 117 Å². The van der Waals surface area contributed by atoms with Crippen molar-refractivity contribution in [2.45, 2.75) is 26.1 Å². The number of rotatable bonds is 11. The predicted octanol–water partition coefficient (Wildman–Crippen LogP) is 6.35. The Hall–Kier alpha value is -5.08. The molecule has 0 saturated carbocycles. The molecule has 45 heavy (non-hydrogen) atoms. The molecule has 1 heterocycles. The van der Waals surface area contributed by atoms with Crippen molar-refractivity contribution >= 4 is 23.5 Å². The van der Waals surface area contributed by atoms with Gasteiger partial charge in [0.15, 0.2) is 11.6 Å². The van der Waals surface area contributed by atoms with Crippen LogP contribution in [0.2, 0.25) is 0 Å². The van der Waals surface area contributed by atoms with Crippen molar-refractivity contribution in [2.24, 2.45) is 11.3 Å². The molecule has 0 N–H and O–H groups in total. The molecule has 1 fully saturated rings. The molecule has 0 radical (unpaired) electrons. The van der Waals surface area contributed by atoms with Crippen molar-refractivity contribution < 1.29 is 38.1 Å². The van der Waals surface area contributed by atoms with E-state index in [2.05, 4.69) is 0 Å². The third kappa shape index (κ3) is 5.77. The second-order valence-electron chi connectivity index (χ2n) is 10.5. The van der Waals surface area contributed by atoms with Gasteiger partial charge in [0.1, 0.15) is 11.9 Å². The van der Waals surface area contributed by atoms with Gasteiger partial charge in [-0.25, -0.2) is 0 Å². The van der Waals surface area contributed by atoms with Gasteiger partial charge in [-0.1, -0.05) is 97.1 Å². The van der Waals surface area contributed by atoms with Gasteiger partial charge in [0.2, 0.25) is 5.41 Å². The van der Waals surface area contributed by atoms with Crippen LogP contribution in [-0.4, -0.2) is 43.8 Å². The number of carbonyl (C=O) groups is 4. The SMILES string of the molecule is CCOC(=O)C1(C(=O)OCC)[C@H](C(=O)c2ccccc2)[C@@H](c2ccc(C(=O)c3ccccc3)c(OC)c2)O[C@H]1c1ccccc1. The molecule has 0 aromatic heterocycles. The summed E-state index contributed by atoms with van der Waals surface area (Å²) in [7, 11) is 1.44. The number of Topliss-reactive ketones (excluding diaryl/α,β-unsaturated/α-hetero) is 1. The standard InChI is InChI=1S/C37H34O8/c1-4-43-35(40)37(36(41)44-5-2)30(32(39)25-17-11-7-12-18-25)33(45-34(37)26-19-13-8-14-20-26)27-21-22-28(29(23-27)42-3)31(38)24-15-9-6-10-16-24/h6-23,30,33-34H,4-5H2,1-3H3/t30-,33-,34+/m1/s1. The fraction of sp³-hybridized carbons (Fsp3) is 0.243. The van der Waals surface area contributed by atoms with Crippen LogP contribution in [0.1, 0.15) is 63.5 Å². The van der Waals surface area contributed by atoms with E-state index in [0.717, 1.165) is 0 Å². The smallest absolute Gasteiger partial charge is 0.327 e. The maximum Gasteiger partial charge on any atom is 0.327 e. The Morgan fingerprint density at radius 3 is 1.76 bits per heavy atom. The molecule has 1 aliphatic heterocycles. The van der Waals surface area contributed by atoms with Crippen LogP contribution in [0.25, 0.3) is 0 Å². The van der Waals surface area contributed by atoms with Crippen LogP contribution in [0.3, 0.4) is 0 Å². The lowest BCUT2D eigenvalue weighted by molar-refractivity contribution is -0.178. The predicted molar refractivity (Wildman–Crippen MR) is 166 cm³/mol. The van der Waals surface area contributed by atoms with Crippen molar-refractivity contribution in [3.05, 3.63) is 137 Å². The minimum absolute atomic E-state index is 0.0392. The second kappa shape index (κ2) is 13.7. The zero-order valence-electron chi connectivity index (χ0n) is 25.3. The minimum atomic E-state index is -2.20. The molecule has 4 aromatic rings. The zero-order chi connectivity index (χ0) is 32.0. The first-order chi connectivity index (χ1) is 21.9. The van der Waals surface area contributed by atoms with E-state index in [0.29, 0.717) is 22.3 Å². The van der Waals surface area contributed by atoms with Gasteiger partial charge < -0.3 is 18.9 Å². The highest BCUT2D eigenvalue weighted by atomic mass is 16.6. The van der Waals surface area contributed by atoms with E-state index in [9.17, 15) is 19.2 Å². The van der Waals surface area contributed by atoms with Crippen LogP contribution in [-0.2, 0) is 23.8 Å². The molecule has 8 nitrogen and oxygen atoms in total. The highest BCUT2D eigenvalue weighted by Gasteiger charge is 2.70. The van der Waals surface area contributed by atoms with Crippen molar-refractivity contribution in [3.63, 3.8) is 0 Å². The van der Waals surface area contributed by atoms with E-state index in [1.165, 1.54) is 7.11 Å². The van der Waals surface area contributed by atoms with E-state index in [1.807, 2.05) is 6.07 Å². The Morgan fingerprint density at radius 1 is 0.689 bits per heavy atom. The van der Waals surface area contributed by atoms with Crippen molar-refractivity contribution in [1.29, 1.82) is 0 Å². The number of methoxy groups -OCH3 is 1. The topological polar surface area (TPSA) is 105 Å². The normalized spacial score (nSPS) is 18.5. The molecule has 3 atom stereocenters. The first kappa shape index (κ1) is 31.3. The van der Waals surface area contributed by atoms with Crippen LogP contribution < -0.4 is 4.74 Å². The van der Waals surface area contributed by atoms with E-state index in [4.69, 9.17) is 18.9 Å². The molecule has 230 valence electrons. The molecule has 0 unspecified atom stereocenters. The lowest BCUT2D eigenvalue weighted by atomic mass is 9.66. The van der Waals surface area contributed by atoms with Gasteiger partial charge >= 0.3 is 11.9 Å². The summed E-state index contributed by atoms with van der Waals surface area (Å²) in [5, 5.41) is 0. The molecule has 1 aliphatic rings. The number of hydrogen-bond acceptors (Lipinski definition) is 8. The Morgan fingerprint density at radius 2 is 1.22 bits per heavy atom. The maximum atomic E-state index is 14.6. The average molecular weight is 607 g/mol. The molecule has 0 amide bonds. The number of esters is 2. The first-order valence-electron chi connectivity index (χ1n) is 14.8. The maximum absolute atomic E-state index is 14.6. The van der Waals surface area contributed by atoms with Crippen LogP contribution in [0, 0.1) is 11.3 Å². The van der Waals surface area contributed by atoms with Gasteiger partial charge in [-0.3, -0.25) is 19.2 Å². The minimum Gasteiger partial charge on any atom is -0.496 e. The number of ether oxygens (including phenoxy) is 4. The Balaban J connectivity index is 1.74. The molecule has 8 heteroatoms. The number of hydrogen-bond donors (Lipinski definition) is 0. The average Bonchev–Trinajstić information content (AvgIpc) is 3.46. The fourth-order valence-electron chi connectivity index (χ4n) is 5.97. The molecule has 5 rings (SSSR count). The lowest BCUT2D eigenvalue weighted by Gasteiger charge is -2.33. The Kier molecular flexibility index (Phi) is 9.54. The van der Waals surface area contributed by atoms with Crippen LogP contribution in [0.5, 0.6) is 5.75 Å². The summed E-state index contributed by atoms with van der Waals surface area (Å²) < 4.78 is 23.4. The van der Waals surface area contributed by atoms with Crippen molar-refractivity contribution in [2.75, 3.05) is 20.3 Å². The number of ketones is 2. The third-order valence-electron chi connectivity index (χ3n) is 7.99. The highest BCUT2D eigenvalue weighted by Crippen LogP contribution is 2.60. The van der Waals surface area contributed by atoms with Gasteiger partial charge in [-0.2, -0.15) is 0 Å². The summed E-state index contributed by atoms with van der Waals surface area (Å²) in [6.45, 7) is 3.18. The van der Waals surface area contributed by atoms with Gasteiger partial charge in [0.25, 0.3) is 0 Å². The van der Waals surface area contributed by atoms with Crippen molar-refractivity contribution in [1.82, 2.24) is 0 Å². The Labute approximate surface area is 261 Å². The monoisotopic (exact) mass is 606 g/mol. The first-order valence-corrected chi connectivity index (χ1v) is 14.8. The van der Waals surface area contributed by atoms with E-state index < -0.39 is 41.3 Å². The van der Waals surface area contributed by atoms with Gasteiger partial charge in [-0.05, 0) is 37.1 Å². The third-order valence-corrected chi connectivity index (χ3v) is 7.99. The van der Waals surface area contributed by atoms with Gasteiger partial charge in [-0.15, -0.1) is 0 Å². The van der Waals surface area contributed by atoms with Crippen molar-refractivity contribution in [3.8, 4) is 5.75 Å². The van der Waals surface area contributed by atoms with E-state index >= 15 is 0 Å².